The first-order valence-electron chi connectivity index (χ1n) is 11.5. The maximum Gasteiger partial charge on any atom is 0.238 e. The molecule has 2 aromatic carbocycles. The van der Waals surface area contributed by atoms with Crippen LogP contribution in [-0.4, -0.2) is 66.4 Å². The Morgan fingerprint density at radius 1 is 1.09 bits per heavy atom. The van der Waals surface area contributed by atoms with Crippen molar-refractivity contribution in [2.45, 2.75) is 50.2 Å². The summed E-state index contributed by atoms with van der Waals surface area (Å²) in [5.74, 6) is -2.28. The number of benzene rings is 2. The Morgan fingerprint density at radius 3 is 2.29 bits per heavy atom. The summed E-state index contributed by atoms with van der Waals surface area (Å²) in [6, 6.07) is 11.5. The second-order valence-corrected chi connectivity index (χ2v) is 11.6. The monoisotopic (exact) mass is 492 g/mol. The standard InChI is InChI=1S/C25H30F2N2O4S/c1-34(32,33)16-25(31)28(15-22-23(26)6-3-7-24(22)27)10-11-29-19-8-9-20(29)13-18(12-19)17-4-2-5-21(30)14-17/h2-7,14,18-20,30H,8-13,15-16H2,1H3/t18?,19-,20+. The molecule has 4 rings (SSSR count). The number of carbonyl (C=O) groups excluding carboxylic acids is 1. The maximum absolute atomic E-state index is 14.2. The Balaban J connectivity index is 1.46. The fourth-order valence-corrected chi connectivity index (χ4v) is 6.04. The van der Waals surface area contributed by atoms with Gasteiger partial charge in [0.2, 0.25) is 5.91 Å². The number of hydrogen-bond donors (Lipinski definition) is 1. The molecule has 0 saturated carbocycles. The van der Waals surface area contributed by atoms with Crippen LogP contribution in [-0.2, 0) is 21.2 Å². The summed E-state index contributed by atoms with van der Waals surface area (Å²) in [6.45, 7) is 0.377. The molecule has 2 aliphatic rings. The highest BCUT2D eigenvalue weighted by Crippen LogP contribution is 2.43. The fourth-order valence-electron chi connectivity index (χ4n) is 5.41. The molecule has 1 amide bonds. The third-order valence-electron chi connectivity index (χ3n) is 7.00. The van der Waals surface area contributed by atoms with Crippen LogP contribution in [0.3, 0.4) is 0 Å². The third kappa shape index (κ3) is 5.75. The summed E-state index contributed by atoms with van der Waals surface area (Å²) in [7, 11) is -3.59. The van der Waals surface area contributed by atoms with E-state index in [1.807, 2.05) is 18.2 Å². The van der Waals surface area contributed by atoms with Gasteiger partial charge in [0.1, 0.15) is 23.1 Å². The van der Waals surface area contributed by atoms with Crippen molar-refractivity contribution < 1.29 is 27.1 Å². The third-order valence-corrected chi connectivity index (χ3v) is 7.77. The van der Waals surface area contributed by atoms with Gasteiger partial charge in [0.05, 0.1) is 6.54 Å². The number of phenolic OH excluding ortho intramolecular Hbond substituents is 1. The molecule has 2 fully saturated rings. The van der Waals surface area contributed by atoms with Crippen LogP contribution in [0.25, 0.3) is 0 Å². The summed E-state index contributed by atoms with van der Waals surface area (Å²) in [5.41, 5.74) is 0.881. The molecule has 0 radical (unpaired) electrons. The van der Waals surface area contributed by atoms with Gasteiger partial charge in [-0.05, 0) is 61.4 Å². The molecule has 2 aliphatic heterocycles. The number of halogens is 2. The Morgan fingerprint density at radius 2 is 1.71 bits per heavy atom. The van der Waals surface area contributed by atoms with Gasteiger partial charge >= 0.3 is 0 Å². The van der Waals surface area contributed by atoms with Crippen molar-refractivity contribution in [3.63, 3.8) is 0 Å². The molecule has 2 saturated heterocycles. The van der Waals surface area contributed by atoms with E-state index < -0.39 is 33.1 Å². The van der Waals surface area contributed by atoms with Crippen LogP contribution in [0.4, 0.5) is 8.78 Å². The molecule has 2 bridgehead atoms. The Labute approximate surface area is 199 Å². The molecule has 2 heterocycles. The number of aromatic hydroxyl groups is 1. The highest BCUT2D eigenvalue weighted by molar-refractivity contribution is 7.91. The predicted octanol–water partition coefficient (Wildman–Crippen LogP) is 3.45. The first-order valence-corrected chi connectivity index (χ1v) is 13.6. The van der Waals surface area contributed by atoms with Crippen LogP contribution in [0, 0.1) is 11.6 Å². The number of amides is 1. The molecule has 9 heteroatoms. The molecular formula is C25H30F2N2O4S. The van der Waals surface area contributed by atoms with Crippen LogP contribution >= 0.6 is 0 Å². The number of carbonyl (C=O) groups is 1. The Bertz CT molecular complexity index is 1120. The van der Waals surface area contributed by atoms with Gasteiger partial charge < -0.3 is 10.0 Å². The fraction of sp³-hybridized carbons (Fsp3) is 0.480. The molecule has 34 heavy (non-hydrogen) atoms. The van der Waals surface area contributed by atoms with Crippen LogP contribution in [0.2, 0.25) is 0 Å². The molecule has 0 spiro atoms. The first-order chi connectivity index (χ1) is 16.1. The summed E-state index contributed by atoms with van der Waals surface area (Å²) < 4.78 is 51.9. The van der Waals surface area contributed by atoms with Crippen LogP contribution in [0.5, 0.6) is 5.75 Å². The van der Waals surface area contributed by atoms with Gasteiger partial charge in [-0.25, -0.2) is 17.2 Å². The molecule has 0 aliphatic carbocycles. The summed E-state index contributed by atoms with van der Waals surface area (Å²) >= 11 is 0. The van der Waals surface area contributed by atoms with Gasteiger partial charge in [-0.1, -0.05) is 18.2 Å². The van der Waals surface area contributed by atoms with Gasteiger partial charge in [-0.15, -0.1) is 0 Å². The zero-order valence-electron chi connectivity index (χ0n) is 19.2. The number of nitrogens with zero attached hydrogens (tertiary/aromatic N) is 2. The number of rotatable bonds is 8. The van der Waals surface area contributed by atoms with Crippen molar-refractivity contribution in [2.24, 2.45) is 0 Å². The van der Waals surface area contributed by atoms with Gasteiger partial charge in [0.25, 0.3) is 0 Å². The minimum atomic E-state index is -3.59. The van der Waals surface area contributed by atoms with Gasteiger partial charge in [-0.2, -0.15) is 0 Å². The first kappa shape index (κ1) is 24.6. The normalized spacial score (nSPS) is 22.6. The molecule has 0 aromatic heterocycles. The van der Waals surface area contributed by atoms with Gasteiger partial charge in [0, 0.05) is 37.0 Å². The average molecular weight is 493 g/mol. The minimum absolute atomic E-state index is 0.186. The van der Waals surface area contributed by atoms with E-state index in [1.54, 1.807) is 6.07 Å². The largest absolute Gasteiger partial charge is 0.508 e. The summed E-state index contributed by atoms with van der Waals surface area (Å²) in [5, 5.41) is 9.84. The van der Waals surface area contributed by atoms with E-state index in [-0.39, 0.29) is 24.4 Å². The second-order valence-electron chi connectivity index (χ2n) is 9.47. The van der Waals surface area contributed by atoms with Crippen molar-refractivity contribution in [3.8, 4) is 5.75 Å². The Hall–Kier alpha value is -2.52. The zero-order chi connectivity index (χ0) is 24.5. The number of sulfone groups is 1. The lowest BCUT2D eigenvalue weighted by atomic mass is 9.85. The van der Waals surface area contributed by atoms with E-state index in [4.69, 9.17) is 0 Å². The van der Waals surface area contributed by atoms with E-state index >= 15 is 0 Å². The second kappa shape index (κ2) is 10.00. The maximum atomic E-state index is 14.2. The summed E-state index contributed by atoms with van der Waals surface area (Å²) in [4.78, 5) is 16.4. The van der Waals surface area contributed by atoms with Gasteiger partial charge in [-0.3, -0.25) is 9.69 Å². The van der Waals surface area contributed by atoms with E-state index in [0.717, 1.165) is 49.6 Å². The van der Waals surface area contributed by atoms with E-state index in [2.05, 4.69) is 4.90 Å². The SMILES string of the molecule is CS(=O)(=O)CC(=O)N(CCN1[C@@H]2CC[C@H]1CC(c1cccc(O)c1)C2)Cc1c(F)cccc1F. The van der Waals surface area contributed by atoms with Crippen LogP contribution in [0.15, 0.2) is 42.5 Å². The summed E-state index contributed by atoms with van der Waals surface area (Å²) in [6.07, 6.45) is 4.88. The number of hydrogen-bond acceptors (Lipinski definition) is 5. The average Bonchev–Trinajstić information content (AvgIpc) is 2.98. The van der Waals surface area contributed by atoms with Crippen molar-refractivity contribution in [3.05, 3.63) is 65.2 Å². The highest BCUT2D eigenvalue weighted by Gasteiger charge is 2.41. The lowest BCUT2D eigenvalue weighted by molar-refractivity contribution is -0.129. The highest BCUT2D eigenvalue weighted by atomic mass is 32.2. The van der Waals surface area contributed by atoms with Crippen molar-refractivity contribution in [1.29, 1.82) is 0 Å². The van der Waals surface area contributed by atoms with Crippen molar-refractivity contribution in [1.82, 2.24) is 9.80 Å². The molecule has 6 nitrogen and oxygen atoms in total. The zero-order valence-corrected chi connectivity index (χ0v) is 20.0. The minimum Gasteiger partial charge on any atom is -0.508 e. The predicted molar refractivity (Wildman–Crippen MR) is 125 cm³/mol. The van der Waals surface area contributed by atoms with Crippen molar-refractivity contribution in [2.75, 3.05) is 25.1 Å². The van der Waals surface area contributed by atoms with E-state index in [1.165, 1.54) is 11.0 Å². The number of phenols is 1. The molecule has 3 atom stereocenters. The lowest BCUT2D eigenvalue weighted by Gasteiger charge is -2.40. The van der Waals surface area contributed by atoms with Crippen molar-refractivity contribution >= 4 is 15.7 Å². The Kier molecular flexibility index (Phi) is 7.23. The number of piperidine rings is 1. The molecule has 2 aromatic rings. The lowest BCUT2D eigenvalue weighted by Crippen LogP contribution is -2.47. The molecular weight excluding hydrogens is 462 g/mol. The van der Waals surface area contributed by atoms with E-state index in [0.29, 0.717) is 24.5 Å². The topological polar surface area (TPSA) is 77.9 Å². The van der Waals surface area contributed by atoms with Crippen LogP contribution in [0.1, 0.15) is 42.7 Å². The van der Waals surface area contributed by atoms with Crippen LogP contribution < -0.4 is 0 Å². The molecule has 1 N–H and O–H groups in total. The smallest absolute Gasteiger partial charge is 0.238 e. The molecule has 184 valence electrons. The molecule has 1 unspecified atom stereocenters. The number of fused-ring (bicyclic) bond motifs is 2. The van der Waals surface area contributed by atoms with Gasteiger partial charge in [0.15, 0.2) is 9.84 Å². The quantitative estimate of drug-likeness (QED) is 0.611. The van der Waals surface area contributed by atoms with E-state index in [9.17, 15) is 27.1 Å².